The maximum absolute atomic E-state index is 2.34. The van der Waals surface area contributed by atoms with Crippen LogP contribution in [0, 0.1) is 0 Å². The molecule has 2 aromatic carbocycles. The summed E-state index contributed by atoms with van der Waals surface area (Å²) in [6.45, 7) is 4.60. The average Bonchev–Trinajstić information content (AvgIpc) is 3.05. The molecular formula is C40H66S4. The van der Waals surface area contributed by atoms with Crippen molar-refractivity contribution in [2.45, 2.75) is 191 Å². The Kier molecular flexibility index (Phi) is 27.5. The lowest BCUT2D eigenvalue weighted by Crippen LogP contribution is -1.87. The van der Waals surface area contributed by atoms with Gasteiger partial charge in [-0.05, 0) is 102 Å². The fourth-order valence-corrected chi connectivity index (χ4v) is 11.3. The lowest BCUT2D eigenvalue weighted by Gasteiger charge is -2.06. The van der Waals surface area contributed by atoms with Crippen molar-refractivity contribution in [2.24, 2.45) is 0 Å². The molecule has 4 heteroatoms. The fraction of sp³-hybridized carbons (Fsp3) is 0.700. The fourth-order valence-electron chi connectivity index (χ4n) is 5.87. The summed E-state index contributed by atoms with van der Waals surface area (Å²) in [4.78, 5) is 2.72. The molecule has 0 radical (unpaired) electrons. The van der Waals surface area contributed by atoms with Crippen molar-refractivity contribution in [1.29, 1.82) is 0 Å². The van der Waals surface area contributed by atoms with Crippen LogP contribution in [0.2, 0.25) is 0 Å². The molecule has 2 rings (SSSR count). The molecule has 0 fully saturated rings. The summed E-state index contributed by atoms with van der Waals surface area (Å²) in [5, 5.41) is 0. The van der Waals surface area contributed by atoms with Crippen LogP contribution in [0.1, 0.15) is 179 Å². The van der Waals surface area contributed by atoms with Crippen molar-refractivity contribution < 1.29 is 0 Å². The first-order chi connectivity index (χ1) is 21.8. The molecule has 0 aromatic heterocycles. The molecule has 0 atom stereocenters. The second kappa shape index (κ2) is 30.2. The highest BCUT2D eigenvalue weighted by Gasteiger charge is 2.02. The predicted octanol–water partition coefficient (Wildman–Crippen LogP) is 16.3. The van der Waals surface area contributed by atoms with Gasteiger partial charge in [-0.2, -0.15) is 0 Å². The summed E-state index contributed by atoms with van der Waals surface area (Å²) in [7, 11) is 7.51. The Hall–Kier alpha value is -0.160. The minimum Gasteiger partial charge on any atom is -0.0654 e. The van der Waals surface area contributed by atoms with Gasteiger partial charge in [-0.3, -0.25) is 0 Å². The Labute approximate surface area is 289 Å². The van der Waals surface area contributed by atoms with Crippen molar-refractivity contribution in [3.63, 3.8) is 0 Å². The molecule has 250 valence electrons. The molecule has 0 N–H and O–H groups in total. The van der Waals surface area contributed by atoms with E-state index in [1.54, 1.807) is 0 Å². The third-order valence-corrected chi connectivity index (χ3v) is 14.8. The maximum atomic E-state index is 2.34. The summed E-state index contributed by atoms with van der Waals surface area (Å²) < 4.78 is 0. The van der Waals surface area contributed by atoms with Gasteiger partial charge in [0.2, 0.25) is 0 Å². The van der Waals surface area contributed by atoms with Crippen LogP contribution in [0.25, 0.3) is 0 Å². The zero-order valence-corrected chi connectivity index (χ0v) is 31.9. The lowest BCUT2D eigenvalue weighted by molar-refractivity contribution is 0.544. The number of hydrogen-bond donors (Lipinski definition) is 0. The zero-order valence-electron chi connectivity index (χ0n) is 28.6. The third-order valence-electron chi connectivity index (χ3n) is 8.77. The van der Waals surface area contributed by atoms with Gasteiger partial charge in [-0.1, -0.05) is 179 Å². The molecule has 0 aliphatic heterocycles. The topological polar surface area (TPSA) is 0 Å². The van der Waals surface area contributed by atoms with Crippen molar-refractivity contribution in [2.75, 3.05) is 0 Å². The van der Waals surface area contributed by atoms with E-state index < -0.39 is 0 Å². The number of unbranched alkanes of at least 4 members (excludes halogenated alkanes) is 22. The minimum absolute atomic E-state index is 1.23. The van der Waals surface area contributed by atoms with Crippen molar-refractivity contribution >= 4 is 41.2 Å². The quantitative estimate of drug-likeness (QED) is 0.0576. The van der Waals surface area contributed by atoms with Gasteiger partial charge in [0.1, 0.15) is 0 Å². The summed E-state index contributed by atoms with van der Waals surface area (Å²) in [6.07, 6.45) is 36.6. The highest BCUT2D eigenvalue weighted by Crippen LogP contribution is 2.49. The van der Waals surface area contributed by atoms with Gasteiger partial charge in [0, 0.05) is 9.79 Å². The van der Waals surface area contributed by atoms with Gasteiger partial charge in [0.15, 0.2) is 0 Å². The third kappa shape index (κ3) is 23.2. The van der Waals surface area contributed by atoms with Gasteiger partial charge in [0.25, 0.3) is 0 Å². The molecule has 44 heavy (non-hydrogen) atoms. The van der Waals surface area contributed by atoms with E-state index in [2.05, 4.69) is 62.4 Å². The van der Waals surface area contributed by atoms with E-state index in [-0.39, 0.29) is 0 Å². The molecule has 0 amide bonds. The lowest BCUT2D eigenvalue weighted by atomic mass is 10.0. The molecule has 0 bridgehead atoms. The van der Waals surface area contributed by atoms with Crippen molar-refractivity contribution in [1.82, 2.24) is 0 Å². The summed E-state index contributed by atoms with van der Waals surface area (Å²) in [6, 6.07) is 18.6. The molecule has 0 unspecified atom stereocenters. The molecule has 0 saturated heterocycles. The number of aryl methyl sites for hydroxylation is 2. The van der Waals surface area contributed by atoms with E-state index in [1.807, 2.05) is 41.2 Å². The van der Waals surface area contributed by atoms with E-state index in [1.165, 1.54) is 188 Å². The van der Waals surface area contributed by atoms with Crippen LogP contribution in [0.4, 0.5) is 0 Å². The molecule has 0 aliphatic rings. The van der Waals surface area contributed by atoms with Gasteiger partial charge >= 0.3 is 0 Å². The Morgan fingerprint density at radius 1 is 0.318 bits per heavy atom. The van der Waals surface area contributed by atoms with Crippen LogP contribution < -0.4 is 0 Å². The largest absolute Gasteiger partial charge is 0.0654 e. The highest BCUT2D eigenvalue weighted by molar-refractivity contribution is 9.26. The zero-order chi connectivity index (χ0) is 31.2. The van der Waals surface area contributed by atoms with E-state index in [4.69, 9.17) is 0 Å². The SMILES string of the molecule is CCCCCCCCCCCCCCc1ccc(SSSSc2ccc(CCCCCCCCCCCCCC)cc2)cc1. The molecule has 2 aromatic rings. The predicted molar refractivity (Wildman–Crippen MR) is 209 cm³/mol. The van der Waals surface area contributed by atoms with E-state index in [9.17, 15) is 0 Å². The molecule has 0 spiro atoms. The Balaban J connectivity index is 1.40. The van der Waals surface area contributed by atoms with Gasteiger partial charge in [-0.15, -0.1) is 0 Å². The van der Waals surface area contributed by atoms with Crippen molar-refractivity contribution in [3.8, 4) is 0 Å². The number of rotatable bonds is 31. The number of benzene rings is 2. The van der Waals surface area contributed by atoms with Gasteiger partial charge in [0.05, 0.1) is 0 Å². The molecular weight excluding hydrogens is 609 g/mol. The first-order valence-electron chi connectivity index (χ1n) is 18.7. The minimum atomic E-state index is 1.23. The second-order valence-electron chi connectivity index (χ2n) is 12.9. The standard InChI is InChI=1S/C40H66S4/c1-3-5-7-9-11-13-15-17-19-21-23-25-27-37-29-33-39(34-30-37)41-43-44-42-40-35-31-38(32-36-40)28-26-24-22-20-18-16-14-12-10-8-6-4-2/h29-36H,3-28H2,1-2H3. The first kappa shape index (κ1) is 40.0. The molecule has 0 heterocycles. The van der Waals surface area contributed by atoms with Gasteiger partial charge in [-0.25, -0.2) is 0 Å². The first-order valence-corrected chi connectivity index (χ1v) is 23.5. The normalized spacial score (nSPS) is 11.4. The number of hydrogen-bond acceptors (Lipinski definition) is 4. The van der Waals surface area contributed by atoms with E-state index in [0.29, 0.717) is 0 Å². The maximum Gasteiger partial charge on any atom is 0.0191 e. The Morgan fingerprint density at radius 2 is 0.568 bits per heavy atom. The molecule has 0 aliphatic carbocycles. The molecule has 0 nitrogen and oxygen atoms in total. The summed E-state index contributed by atoms with van der Waals surface area (Å²) >= 11 is 0. The smallest absolute Gasteiger partial charge is 0.0191 e. The second-order valence-corrected chi connectivity index (χ2v) is 18.7. The van der Waals surface area contributed by atoms with Crippen LogP contribution in [-0.2, 0) is 12.8 Å². The summed E-state index contributed by atoms with van der Waals surface area (Å²) in [5.74, 6) is 0. The Bertz CT molecular complexity index is 790. The van der Waals surface area contributed by atoms with E-state index in [0.717, 1.165) is 0 Å². The van der Waals surface area contributed by atoms with Crippen LogP contribution in [0.5, 0.6) is 0 Å². The van der Waals surface area contributed by atoms with Crippen LogP contribution in [-0.4, -0.2) is 0 Å². The summed E-state index contributed by atoms with van der Waals surface area (Å²) in [5.41, 5.74) is 2.99. The Morgan fingerprint density at radius 3 is 0.841 bits per heavy atom. The average molecular weight is 675 g/mol. The molecule has 0 saturated carbocycles. The van der Waals surface area contributed by atoms with Crippen LogP contribution in [0.15, 0.2) is 58.3 Å². The van der Waals surface area contributed by atoms with Crippen molar-refractivity contribution in [3.05, 3.63) is 59.7 Å². The van der Waals surface area contributed by atoms with E-state index >= 15 is 0 Å². The van der Waals surface area contributed by atoms with Gasteiger partial charge < -0.3 is 0 Å². The monoisotopic (exact) mass is 674 g/mol. The highest BCUT2D eigenvalue weighted by atomic mass is 33.7. The van der Waals surface area contributed by atoms with Crippen LogP contribution in [0.3, 0.4) is 0 Å². The van der Waals surface area contributed by atoms with Crippen LogP contribution >= 0.6 is 41.2 Å².